The summed E-state index contributed by atoms with van der Waals surface area (Å²) in [6, 6.07) is 0. The lowest BCUT2D eigenvalue weighted by Crippen LogP contribution is -2.48. The van der Waals surface area contributed by atoms with Gasteiger partial charge in [0, 0.05) is 0 Å². The van der Waals surface area contributed by atoms with E-state index in [0.717, 1.165) is 0 Å². The van der Waals surface area contributed by atoms with Gasteiger partial charge >= 0.3 is 5.51 Å². The minimum absolute atomic E-state index is 0.955. The normalized spacial score (nSPS) is 14.8. The van der Waals surface area contributed by atoms with Crippen molar-refractivity contribution in [3.8, 4) is 0 Å². The zero-order valence-electron chi connectivity index (χ0n) is 6.64. The highest BCUT2D eigenvalue weighted by atomic mass is 32.2. The topological polar surface area (TPSA) is 60.2 Å². The highest BCUT2D eigenvalue weighted by Gasteiger charge is 2.47. The Balaban J connectivity index is 4.70. The lowest BCUT2D eigenvalue weighted by molar-refractivity contribution is -0.0431. The molecule has 0 aliphatic rings. The molecule has 0 heterocycles. The highest BCUT2D eigenvalue weighted by molar-refractivity contribution is 7.93. The monoisotopic (exact) mass is 221 g/mol. The molecule has 0 saturated heterocycles. The van der Waals surface area contributed by atoms with Crippen LogP contribution in [0.5, 0.6) is 0 Å². The zero-order chi connectivity index (χ0) is 10.2. The van der Waals surface area contributed by atoms with Crippen molar-refractivity contribution in [1.29, 1.82) is 0 Å². The first-order valence-corrected chi connectivity index (χ1v) is 7.97. The summed E-state index contributed by atoms with van der Waals surface area (Å²) < 4.78 is 56.2. The average molecular weight is 221 g/mol. The Bertz CT molecular complexity index is 252. The van der Waals surface area contributed by atoms with E-state index in [2.05, 4.69) is 0 Å². The molecule has 0 amide bonds. The maximum Gasteiger partial charge on any atom is 0.497 e. The summed E-state index contributed by atoms with van der Waals surface area (Å²) in [4.78, 5) is 0. The molecule has 12 heavy (non-hydrogen) atoms. The van der Waals surface area contributed by atoms with Gasteiger partial charge in [-0.2, -0.15) is 13.2 Å². The van der Waals surface area contributed by atoms with Crippen molar-refractivity contribution in [2.45, 2.75) is 18.6 Å². The summed E-state index contributed by atoms with van der Waals surface area (Å²) in [7, 11) is -7.73. The summed E-state index contributed by atoms with van der Waals surface area (Å²) in [5.74, 6) is 0. The zero-order valence-corrected chi connectivity index (χ0v) is 8.46. The molecular formula is C4H10F3NO2SSi. The first kappa shape index (κ1) is 11.9. The molecule has 0 saturated carbocycles. The van der Waals surface area contributed by atoms with Gasteiger partial charge in [0.1, 0.15) is 8.24 Å². The van der Waals surface area contributed by atoms with Crippen LogP contribution in [-0.4, -0.2) is 27.5 Å². The molecule has 0 aromatic rings. The second-order valence-electron chi connectivity index (χ2n) is 3.19. The molecule has 0 aliphatic heterocycles. The van der Waals surface area contributed by atoms with Crippen molar-refractivity contribution in [2.75, 3.05) is 5.38 Å². The van der Waals surface area contributed by atoms with E-state index in [0.29, 0.717) is 0 Å². The maximum absolute atomic E-state index is 11.7. The van der Waals surface area contributed by atoms with Crippen LogP contribution in [-0.2, 0) is 9.84 Å². The molecule has 0 atom stereocenters. The number of nitrogens with two attached hydrogens (primary N) is 1. The third-order valence-corrected chi connectivity index (χ3v) is 6.12. The molecule has 0 aromatic heterocycles. The predicted molar refractivity (Wildman–Crippen MR) is 41.5 cm³/mol. The molecule has 0 unspecified atom stereocenters. The lowest BCUT2D eigenvalue weighted by Gasteiger charge is -2.16. The fourth-order valence-electron chi connectivity index (χ4n) is 0.572. The minimum Gasteiger partial charge on any atom is -0.350 e. The van der Waals surface area contributed by atoms with Crippen molar-refractivity contribution >= 4 is 18.1 Å². The third-order valence-electron chi connectivity index (χ3n) is 0.915. The number of halogens is 3. The molecular weight excluding hydrogens is 211 g/mol. The van der Waals surface area contributed by atoms with Gasteiger partial charge in [-0.1, -0.05) is 13.1 Å². The minimum atomic E-state index is -5.17. The van der Waals surface area contributed by atoms with Crippen LogP contribution in [0.2, 0.25) is 13.1 Å². The Morgan fingerprint density at radius 3 is 1.75 bits per heavy atom. The molecule has 2 N–H and O–H groups in total. The van der Waals surface area contributed by atoms with Crippen molar-refractivity contribution in [3.05, 3.63) is 0 Å². The van der Waals surface area contributed by atoms with E-state index in [-0.39, 0.29) is 0 Å². The van der Waals surface area contributed by atoms with Crippen LogP contribution in [0.25, 0.3) is 0 Å². The van der Waals surface area contributed by atoms with Crippen LogP contribution >= 0.6 is 0 Å². The largest absolute Gasteiger partial charge is 0.497 e. The first-order valence-electron chi connectivity index (χ1n) is 3.04. The lowest BCUT2D eigenvalue weighted by atomic mass is 11.6. The molecule has 3 nitrogen and oxygen atoms in total. The molecule has 8 heteroatoms. The van der Waals surface area contributed by atoms with Gasteiger partial charge in [0.15, 0.2) is 0 Å². The number of sulfone groups is 1. The number of rotatable bonds is 2. The van der Waals surface area contributed by atoms with Crippen LogP contribution in [0, 0.1) is 0 Å². The second-order valence-corrected chi connectivity index (χ2v) is 10.0. The molecule has 0 aromatic carbocycles. The Kier molecular flexibility index (Phi) is 2.98. The standard InChI is InChI=1S/C4H10F3NO2SSi/c1-12(2,8)3-11(9,10)4(5,6)7/h3,8H2,1-2H3. The van der Waals surface area contributed by atoms with E-state index in [1.54, 1.807) is 0 Å². The van der Waals surface area contributed by atoms with Gasteiger partial charge in [0.2, 0.25) is 9.84 Å². The van der Waals surface area contributed by atoms with E-state index >= 15 is 0 Å². The Hall–Kier alpha value is -0.0831. The van der Waals surface area contributed by atoms with Gasteiger partial charge in [0.25, 0.3) is 0 Å². The van der Waals surface area contributed by atoms with E-state index in [1.165, 1.54) is 13.1 Å². The van der Waals surface area contributed by atoms with E-state index in [1.807, 2.05) is 0 Å². The maximum atomic E-state index is 11.7. The van der Waals surface area contributed by atoms with Crippen molar-refractivity contribution < 1.29 is 21.6 Å². The van der Waals surface area contributed by atoms with Gasteiger partial charge in [-0.15, -0.1) is 0 Å². The van der Waals surface area contributed by atoms with E-state index in [4.69, 9.17) is 5.40 Å². The summed E-state index contributed by atoms with van der Waals surface area (Å²) in [5, 5.41) is 4.32. The first-order chi connectivity index (χ1) is 4.96. The van der Waals surface area contributed by atoms with Crippen molar-refractivity contribution in [1.82, 2.24) is 0 Å². The van der Waals surface area contributed by atoms with Crippen LogP contribution < -0.4 is 5.40 Å². The van der Waals surface area contributed by atoms with Crippen LogP contribution in [0.15, 0.2) is 0 Å². The van der Waals surface area contributed by atoms with Crippen molar-refractivity contribution in [3.63, 3.8) is 0 Å². The molecule has 0 spiro atoms. The number of hydrogen-bond acceptors (Lipinski definition) is 3. The second kappa shape index (κ2) is 3.00. The van der Waals surface area contributed by atoms with Gasteiger partial charge < -0.3 is 5.40 Å². The van der Waals surface area contributed by atoms with Crippen LogP contribution in [0.4, 0.5) is 13.2 Å². The summed E-state index contributed by atoms with van der Waals surface area (Å²) in [5.41, 5.74) is -5.17. The summed E-state index contributed by atoms with van der Waals surface area (Å²) >= 11 is 0. The van der Waals surface area contributed by atoms with Gasteiger partial charge in [0.05, 0.1) is 5.38 Å². The Morgan fingerprint density at radius 1 is 1.33 bits per heavy atom. The van der Waals surface area contributed by atoms with Gasteiger partial charge in [-0.05, 0) is 0 Å². The molecule has 0 fully saturated rings. The van der Waals surface area contributed by atoms with Crippen molar-refractivity contribution in [2.24, 2.45) is 5.40 Å². The average Bonchev–Trinajstić information content (AvgIpc) is 1.52. The van der Waals surface area contributed by atoms with E-state index < -0.39 is 29.0 Å². The summed E-state index contributed by atoms with van der Waals surface area (Å²) in [6.07, 6.45) is 0. The third kappa shape index (κ3) is 3.54. The van der Waals surface area contributed by atoms with Crippen LogP contribution in [0.1, 0.15) is 0 Å². The van der Waals surface area contributed by atoms with E-state index in [9.17, 15) is 21.6 Å². The Morgan fingerprint density at radius 2 is 1.67 bits per heavy atom. The highest BCUT2D eigenvalue weighted by Crippen LogP contribution is 2.24. The number of hydrogen-bond donors (Lipinski definition) is 1. The number of alkyl halides is 3. The predicted octanol–water partition coefficient (Wildman–Crippen LogP) is 0.624. The SMILES string of the molecule is C[Si](C)(N)CS(=O)(=O)C(F)(F)F. The van der Waals surface area contributed by atoms with Crippen LogP contribution in [0.3, 0.4) is 0 Å². The van der Waals surface area contributed by atoms with Gasteiger partial charge in [-0.3, -0.25) is 0 Å². The molecule has 0 bridgehead atoms. The molecule has 0 rings (SSSR count). The quantitative estimate of drug-likeness (QED) is 0.695. The molecule has 0 aliphatic carbocycles. The van der Waals surface area contributed by atoms with Gasteiger partial charge in [-0.25, -0.2) is 8.42 Å². The molecule has 74 valence electrons. The smallest absolute Gasteiger partial charge is 0.350 e. The Labute approximate surface area is 69.8 Å². The fourth-order valence-corrected chi connectivity index (χ4v) is 5.14. The summed E-state index contributed by atoms with van der Waals surface area (Å²) in [6.45, 7) is 2.71. The fraction of sp³-hybridized carbons (Fsp3) is 1.00. The molecule has 0 radical (unpaired) electrons.